The van der Waals surface area contributed by atoms with Crippen molar-refractivity contribution in [1.29, 1.82) is 0 Å². The summed E-state index contributed by atoms with van der Waals surface area (Å²) in [6, 6.07) is 0. The Hall–Kier alpha value is -1.46. The Kier molecular flexibility index (Phi) is 3.42. The Morgan fingerprint density at radius 2 is 2.23 bits per heavy atom. The fraction of sp³-hybridized carbons (Fsp3) is 0.647. The summed E-state index contributed by atoms with van der Waals surface area (Å²) in [5, 5.41) is 0. The maximum atomic E-state index is 11.4. The zero-order chi connectivity index (χ0) is 15.2. The average Bonchev–Trinajstić information content (AvgIpc) is 2.87. The van der Waals surface area contributed by atoms with Gasteiger partial charge in [-0.1, -0.05) is 0 Å². The molecule has 5 nitrogen and oxygen atoms in total. The first-order valence-electron chi connectivity index (χ1n) is 8.10. The van der Waals surface area contributed by atoms with Gasteiger partial charge in [0.05, 0.1) is 17.9 Å². The lowest BCUT2D eigenvalue weighted by atomic mass is 9.79. The highest BCUT2D eigenvalue weighted by atomic mass is 16.5. The summed E-state index contributed by atoms with van der Waals surface area (Å²) in [7, 11) is 0. The zero-order valence-corrected chi connectivity index (χ0v) is 12.9. The number of rotatable bonds is 1. The molecule has 1 fully saturated rings. The van der Waals surface area contributed by atoms with E-state index in [4.69, 9.17) is 14.2 Å². The maximum absolute atomic E-state index is 11.4. The number of hydrogen-bond acceptors (Lipinski definition) is 5. The quantitative estimate of drug-likeness (QED) is 0.746. The molecule has 1 atom stereocenters. The van der Waals surface area contributed by atoms with E-state index in [0.29, 0.717) is 6.61 Å². The molecule has 1 aliphatic carbocycles. The molecule has 0 aromatic carbocycles. The van der Waals surface area contributed by atoms with Gasteiger partial charge < -0.3 is 14.2 Å². The van der Waals surface area contributed by atoms with Gasteiger partial charge in [-0.05, 0) is 30.4 Å². The average molecular weight is 303 g/mol. The van der Waals surface area contributed by atoms with Crippen molar-refractivity contribution in [2.75, 3.05) is 13.2 Å². The summed E-state index contributed by atoms with van der Waals surface area (Å²) in [4.78, 5) is 16.0. The number of ether oxygens (including phenoxy) is 3. The molecule has 1 unspecified atom stereocenters. The van der Waals surface area contributed by atoms with E-state index in [-0.39, 0.29) is 17.7 Å². The molecule has 2 aliphatic heterocycles. The van der Waals surface area contributed by atoms with Gasteiger partial charge in [-0.2, -0.15) is 0 Å². The summed E-state index contributed by atoms with van der Waals surface area (Å²) in [6.07, 6.45) is 6.38. The largest absolute Gasteiger partial charge is 0.456 e. The monoisotopic (exact) mass is 303 g/mol. The molecule has 0 amide bonds. The molecule has 5 heteroatoms. The lowest BCUT2D eigenvalue weighted by Gasteiger charge is -2.36. The van der Waals surface area contributed by atoms with Crippen LogP contribution in [0.2, 0.25) is 0 Å². The Bertz CT molecular complexity index is 601. The standard InChI is InChI=1S/C17H21NO4/c1-11(19)22-14-4-2-3-13-15-12(9-18-16(13)14)10-21-17(15)5-7-20-8-6-17/h9,14H,2-8,10H2,1H3. The van der Waals surface area contributed by atoms with E-state index < -0.39 is 0 Å². The van der Waals surface area contributed by atoms with Gasteiger partial charge >= 0.3 is 5.97 Å². The van der Waals surface area contributed by atoms with Crippen molar-refractivity contribution < 1.29 is 19.0 Å². The van der Waals surface area contributed by atoms with Gasteiger partial charge in [0.1, 0.15) is 6.10 Å². The fourth-order valence-corrected chi connectivity index (χ4v) is 4.12. The number of carbonyl (C=O) groups is 1. The van der Waals surface area contributed by atoms with Gasteiger partial charge in [0, 0.05) is 44.7 Å². The second kappa shape index (κ2) is 5.32. The van der Waals surface area contributed by atoms with Gasteiger partial charge in [0.25, 0.3) is 0 Å². The topological polar surface area (TPSA) is 57.7 Å². The maximum Gasteiger partial charge on any atom is 0.303 e. The minimum Gasteiger partial charge on any atom is -0.456 e. The molecule has 3 aliphatic rings. The molecule has 1 aromatic heterocycles. The van der Waals surface area contributed by atoms with Crippen LogP contribution in [0.25, 0.3) is 0 Å². The molecule has 1 saturated heterocycles. The molecule has 3 heterocycles. The van der Waals surface area contributed by atoms with Crippen molar-refractivity contribution in [3.8, 4) is 0 Å². The van der Waals surface area contributed by atoms with E-state index in [2.05, 4.69) is 4.98 Å². The first-order valence-corrected chi connectivity index (χ1v) is 8.10. The number of hydrogen-bond donors (Lipinski definition) is 0. The predicted molar refractivity (Wildman–Crippen MR) is 78.2 cm³/mol. The normalized spacial score (nSPS) is 25.6. The van der Waals surface area contributed by atoms with Crippen molar-refractivity contribution in [1.82, 2.24) is 4.98 Å². The number of carbonyl (C=O) groups excluding carboxylic acids is 1. The third kappa shape index (κ3) is 2.15. The number of fused-ring (bicyclic) bond motifs is 4. The molecule has 1 aromatic rings. The van der Waals surface area contributed by atoms with Crippen LogP contribution in [0.15, 0.2) is 6.20 Å². The summed E-state index contributed by atoms with van der Waals surface area (Å²) in [6.45, 7) is 3.58. The molecular weight excluding hydrogens is 282 g/mol. The highest BCUT2D eigenvalue weighted by Gasteiger charge is 2.45. The van der Waals surface area contributed by atoms with E-state index in [0.717, 1.165) is 51.0 Å². The Morgan fingerprint density at radius 3 is 3.00 bits per heavy atom. The summed E-state index contributed by atoms with van der Waals surface area (Å²) in [5.74, 6) is -0.239. The number of nitrogens with zero attached hydrogens (tertiary/aromatic N) is 1. The zero-order valence-electron chi connectivity index (χ0n) is 12.9. The minimum atomic E-state index is -0.239. The molecule has 22 heavy (non-hydrogen) atoms. The number of pyridine rings is 1. The van der Waals surface area contributed by atoms with Crippen LogP contribution in [-0.2, 0) is 37.6 Å². The van der Waals surface area contributed by atoms with Crippen LogP contribution in [0.1, 0.15) is 61.1 Å². The SMILES string of the molecule is CC(=O)OC1CCCc2c1ncc1c2C2(CCOCC2)OC1. The van der Waals surface area contributed by atoms with Crippen LogP contribution < -0.4 is 0 Å². The Morgan fingerprint density at radius 1 is 1.41 bits per heavy atom. The fourth-order valence-electron chi connectivity index (χ4n) is 4.12. The van der Waals surface area contributed by atoms with Crippen LogP contribution in [0.5, 0.6) is 0 Å². The van der Waals surface area contributed by atoms with Crippen LogP contribution in [0.3, 0.4) is 0 Å². The molecule has 0 bridgehead atoms. The van der Waals surface area contributed by atoms with E-state index in [9.17, 15) is 4.79 Å². The first kappa shape index (κ1) is 14.2. The van der Waals surface area contributed by atoms with Gasteiger partial charge in [-0.3, -0.25) is 9.78 Å². The smallest absolute Gasteiger partial charge is 0.303 e. The number of aromatic nitrogens is 1. The summed E-state index contributed by atoms with van der Waals surface area (Å²) in [5.41, 5.74) is 4.51. The van der Waals surface area contributed by atoms with Crippen LogP contribution in [0.4, 0.5) is 0 Å². The molecule has 0 radical (unpaired) electrons. The Labute approximate surface area is 130 Å². The molecule has 118 valence electrons. The van der Waals surface area contributed by atoms with Gasteiger partial charge in [0.2, 0.25) is 0 Å². The molecule has 0 saturated carbocycles. The molecule has 1 spiro atoms. The summed E-state index contributed by atoms with van der Waals surface area (Å²) < 4.78 is 17.2. The molecule has 0 N–H and O–H groups in total. The first-order chi connectivity index (χ1) is 10.7. The predicted octanol–water partition coefficient (Wildman–Crippen LogP) is 2.56. The van der Waals surface area contributed by atoms with Crippen LogP contribution in [0, 0.1) is 0 Å². The molecular formula is C17H21NO4. The van der Waals surface area contributed by atoms with Gasteiger partial charge in [-0.15, -0.1) is 0 Å². The van der Waals surface area contributed by atoms with Crippen LogP contribution >= 0.6 is 0 Å². The van der Waals surface area contributed by atoms with Gasteiger partial charge in [0.15, 0.2) is 0 Å². The Balaban J connectivity index is 1.79. The number of esters is 1. The van der Waals surface area contributed by atoms with Crippen LogP contribution in [-0.4, -0.2) is 24.2 Å². The lowest BCUT2D eigenvalue weighted by Crippen LogP contribution is -2.35. The van der Waals surface area contributed by atoms with Gasteiger partial charge in [-0.25, -0.2) is 0 Å². The van der Waals surface area contributed by atoms with Crippen molar-refractivity contribution in [2.24, 2.45) is 0 Å². The molecule has 4 rings (SSSR count). The minimum absolute atomic E-state index is 0.205. The third-order valence-electron chi connectivity index (χ3n) is 5.06. The highest BCUT2D eigenvalue weighted by molar-refractivity contribution is 5.66. The second-order valence-corrected chi connectivity index (χ2v) is 6.41. The highest BCUT2D eigenvalue weighted by Crippen LogP contribution is 2.48. The lowest BCUT2D eigenvalue weighted by molar-refractivity contribution is -0.147. The third-order valence-corrected chi connectivity index (χ3v) is 5.06. The van der Waals surface area contributed by atoms with Crippen molar-refractivity contribution in [3.05, 3.63) is 28.6 Å². The van der Waals surface area contributed by atoms with E-state index >= 15 is 0 Å². The second-order valence-electron chi connectivity index (χ2n) is 6.41. The van der Waals surface area contributed by atoms with E-state index in [1.54, 1.807) is 0 Å². The van der Waals surface area contributed by atoms with E-state index in [1.165, 1.54) is 23.6 Å². The van der Waals surface area contributed by atoms with Crippen molar-refractivity contribution >= 4 is 5.97 Å². The van der Waals surface area contributed by atoms with Crippen molar-refractivity contribution in [2.45, 2.75) is 57.3 Å². The van der Waals surface area contributed by atoms with Crippen molar-refractivity contribution in [3.63, 3.8) is 0 Å². The summed E-state index contributed by atoms with van der Waals surface area (Å²) >= 11 is 0. The van der Waals surface area contributed by atoms with E-state index in [1.807, 2.05) is 6.20 Å².